The molecular weight excluding hydrogens is 402 g/mol. The van der Waals surface area contributed by atoms with Crippen molar-refractivity contribution in [2.24, 2.45) is 0 Å². The quantitative estimate of drug-likeness (QED) is 0.473. The molecule has 0 bridgehead atoms. The van der Waals surface area contributed by atoms with E-state index in [1.54, 1.807) is 30.5 Å². The molecule has 0 atom stereocenters. The van der Waals surface area contributed by atoms with Gasteiger partial charge in [-0.05, 0) is 59.5 Å². The fourth-order valence-corrected chi connectivity index (χ4v) is 4.89. The van der Waals surface area contributed by atoms with E-state index in [4.69, 9.17) is 0 Å². The van der Waals surface area contributed by atoms with Crippen molar-refractivity contribution >= 4 is 37.4 Å². The van der Waals surface area contributed by atoms with Crippen LogP contribution in [0.15, 0.2) is 71.8 Å². The van der Waals surface area contributed by atoms with Gasteiger partial charge in [-0.15, -0.1) is 0 Å². The highest BCUT2D eigenvalue weighted by Gasteiger charge is 2.18. The third kappa shape index (κ3) is 4.16. The minimum Gasteiger partial charge on any atom is -0.280 e. The number of benzene rings is 2. The van der Waals surface area contributed by atoms with Crippen LogP contribution in [0.3, 0.4) is 0 Å². The molecule has 7 heteroatoms. The summed E-state index contributed by atoms with van der Waals surface area (Å²) in [6.07, 6.45) is 1.75. The van der Waals surface area contributed by atoms with Crippen LogP contribution in [0.5, 0.6) is 0 Å². The van der Waals surface area contributed by atoms with Crippen LogP contribution < -0.4 is 4.72 Å². The average molecular weight is 424 g/mol. The first-order valence-corrected chi connectivity index (χ1v) is 11.5. The van der Waals surface area contributed by atoms with E-state index in [2.05, 4.69) is 35.5 Å². The minimum atomic E-state index is -3.65. The summed E-state index contributed by atoms with van der Waals surface area (Å²) in [5, 5.41) is 0.853. The molecule has 148 valence electrons. The number of rotatable bonds is 4. The molecule has 0 spiro atoms. The maximum Gasteiger partial charge on any atom is 0.261 e. The van der Waals surface area contributed by atoms with Crippen molar-refractivity contribution in [2.75, 3.05) is 4.72 Å². The Labute approximate surface area is 174 Å². The van der Waals surface area contributed by atoms with Crippen LogP contribution in [0.2, 0.25) is 0 Å². The summed E-state index contributed by atoms with van der Waals surface area (Å²) < 4.78 is 28.1. The molecule has 5 nitrogen and oxygen atoms in total. The predicted molar refractivity (Wildman–Crippen MR) is 119 cm³/mol. The Bertz CT molecular complexity index is 1220. The molecule has 29 heavy (non-hydrogen) atoms. The first kappa shape index (κ1) is 19.5. The largest absolute Gasteiger partial charge is 0.280 e. The second-order valence-corrected chi connectivity index (χ2v) is 10.5. The van der Waals surface area contributed by atoms with Crippen molar-refractivity contribution in [3.63, 3.8) is 0 Å². The maximum atomic E-state index is 12.7. The number of pyridine rings is 1. The molecule has 0 amide bonds. The van der Waals surface area contributed by atoms with E-state index in [1.807, 2.05) is 36.4 Å². The second kappa shape index (κ2) is 7.24. The topological polar surface area (TPSA) is 72.0 Å². The number of hydrogen-bond acceptors (Lipinski definition) is 5. The van der Waals surface area contributed by atoms with Crippen molar-refractivity contribution < 1.29 is 8.42 Å². The summed E-state index contributed by atoms with van der Waals surface area (Å²) in [5.41, 5.74) is 3.35. The van der Waals surface area contributed by atoms with E-state index in [1.165, 1.54) is 11.3 Å². The second-order valence-electron chi connectivity index (χ2n) is 7.80. The van der Waals surface area contributed by atoms with Crippen molar-refractivity contribution in [1.82, 2.24) is 9.97 Å². The summed E-state index contributed by atoms with van der Waals surface area (Å²) in [4.78, 5) is 10.0. The molecule has 2 aromatic heterocycles. The molecule has 1 N–H and O–H groups in total. The van der Waals surface area contributed by atoms with Gasteiger partial charge < -0.3 is 0 Å². The molecule has 0 aliphatic rings. The Morgan fingerprint density at radius 1 is 0.931 bits per heavy atom. The van der Waals surface area contributed by atoms with Gasteiger partial charge >= 0.3 is 0 Å². The highest BCUT2D eigenvalue weighted by Crippen LogP contribution is 2.30. The van der Waals surface area contributed by atoms with Crippen molar-refractivity contribution in [3.8, 4) is 10.6 Å². The molecule has 0 aliphatic carbocycles. The average Bonchev–Trinajstić information content (AvgIpc) is 3.12. The number of sulfonamides is 1. The molecule has 0 aliphatic heterocycles. The van der Waals surface area contributed by atoms with E-state index in [9.17, 15) is 8.42 Å². The lowest BCUT2D eigenvalue weighted by molar-refractivity contribution is 0.587. The summed E-state index contributed by atoms with van der Waals surface area (Å²) in [6, 6.07) is 18.0. The molecule has 0 unspecified atom stereocenters. The summed E-state index contributed by atoms with van der Waals surface area (Å²) in [7, 11) is -3.65. The first-order valence-electron chi connectivity index (χ1n) is 9.18. The number of hydrogen-bond donors (Lipinski definition) is 1. The Hall–Kier alpha value is -2.77. The summed E-state index contributed by atoms with van der Waals surface area (Å²) >= 11 is 1.51. The zero-order valence-corrected chi connectivity index (χ0v) is 18.0. The zero-order chi connectivity index (χ0) is 20.6. The molecule has 0 fully saturated rings. The van der Waals surface area contributed by atoms with Crippen molar-refractivity contribution in [3.05, 3.63) is 72.4 Å². The summed E-state index contributed by atoms with van der Waals surface area (Å²) in [5.74, 6) is 0. The van der Waals surface area contributed by atoms with Crippen LogP contribution >= 0.6 is 11.3 Å². The lowest BCUT2D eigenvalue weighted by atomic mass is 9.87. The van der Waals surface area contributed by atoms with Gasteiger partial charge in [0.15, 0.2) is 0 Å². The Kier molecular flexibility index (Phi) is 4.88. The molecule has 2 heterocycles. The van der Waals surface area contributed by atoms with Gasteiger partial charge in [-0.1, -0.05) is 44.2 Å². The van der Waals surface area contributed by atoms with Crippen molar-refractivity contribution in [2.45, 2.75) is 31.1 Å². The number of nitrogens with one attached hydrogen (secondary N) is 1. The van der Waals surface area contributed by atoms with Gasteiger partial charge in [0.05, 0.1) is 4.90 Å². The van der Waals surface area contributed by atoms with Crippen LogP contribution in [-0.2, 0) is 15.4 Å². The third-order valence-corrected chi connectivity index (χ3v) is 7.01. The highest BCUT2D eigenvalue weighted by atomic mass is 32.2. The lowest BCUT2D eigenvalue weighted by Crippen LogP contribution is -2.14. The third-order valence-electron chi connectivity index (χ3n) is 4.58. The minimum absolute atomic E-state index is 0.0261. The van der Waals surface area contributed by atoms with E-state index >= 15 is 0 Å². The number of aromatic nitrogens is 2. The van der Waals surface area contributed by atoms with E-state index < -0.39 is 10.0 Å². The molecule has 0 saturated carbocycles. The molecule has 0 radical (unpaired) electrons. The maximum absolute atomic E-state index is 12.7. The molecule has 0 saturated heterocycles. The summed E-state index contributed by atoms with van der Waals surface area (Å²) in [6.45, 7) is 6.29. The molecule has 4 rings (SSSR count). The van der Waals surface area contributed by atoms with Gasteiger partial charge in [-0.25, -0.2) is 18.4 Å². The fraction of sp³-hybridized carbons (Fsp3) is 0.182. The number of thiazole rings is 1. The van der Waals surface area contributed by atoms with E-state index in [0.717, 1.165) is 26.5 Å². The lowest BCUT2D eigenvalue weighted by Gasteiger charge is -2.19. The molecule has 4 aromatic rings. The standard InChI is InChI=1S/C22H21N3O2S2/c1-22(2,3)16-8-12-18(13-9-16)29(26,27)25-17-10-6-15(7-11-17)20-24-19-5-4-14-23-21(19)28-20/h4-14,25H,1-3H3. The Balaban J connectivity index is 1.54. The Morgan fingerprint density at radius 3 is 2.24 bits per heavy atom. The van der Waals surface area contributed by atoms with E-state index in [0.29, 0.717) is 5.69 Å². The van der Waals surface area contributed by atoms with Gasteiger partial charge in [-0.2, -0.15) is 0 Å². The van der Waals surface area contributed by atoms with E-state index in [-0.39, 0.29) is 10.3 Å². The number of nitrogens with zero attached hydrogens (tertiary/aromatic N) is 2. The van der Waals surface area contributed by atoms with Gasteiger partial charge in [0.25, 0.3) is 10.0 Å². The van der Waals surface area contributed by atoms with Crippen molar-refractivity contribution in [1.29, 1.82) is 0 Å². The van der Waals surface area contributed by atoms with Crippen LogP contribution in [0, 0.1) is 0 Å². The molecular formula is C22H21N3O2S2. The van der Waals surface area contributed by atoms with Crippen LogP contribution in [0.1, 0.15) is 26.3 Å². The number of fused-ring (bicyclic) bond motifs is 1. The van der Waals surface area contributed by atoms with Gasteiger partial charge in [0.2, 0.25) is 0 Å². The SMILES string of the molecule is CC(C)(C)c1ccc(S(=O)(=O)Nc2ccc(-c3nc4cccnc4s3)cc2)cc1. The first-order chi connectivity index (χ1) is 13.7. The Morgan fingerprint density at radius 2 is 1.62 bits per heavy atom. The molecule has 2 aromatic carbocycles. The predicted octanol–water partition coefficient (Wildman–Crippen LogP) is 5.46. The highest BCUT2D eigenvalue weighted by molar-refractivity contribution is 7.92. The number of anilines is 1. The smallest absolute Gasteiger partial charge is 0.261 e. The zero-order valence-electron chi connectivity index (χ0n) is 16.4. The monoisotopic (exact) mass is 423 g/mol. The van der Waals surface area contributed by atoms with Gasteiger partial charge in [0, 0.05) is 17.4 Å². The van der Waals surface area contributed by atoms with Crippen LogP contribution in [0.4, 0.5) is 5.69 Å². The van der Waals surface area contributed by atoms with Crippen LogP contribution in [0.25, 0.3) is 20.9 Å². The normalized spacial score (nSPS) is 12.2. The van der Waals surface area contributed by atoms with Gasteiger partial charge in [-0.3, -0.25) is 4.72 Å². The fourth-order valence-electron chi connectivity index (χ4n) is 2.92. The van der Waals surface area contributed by atoms with Gasteiger partial charge in [0.1, 0.15) is 15.4 Å². The van der Waals surface area contributed by atoms with Crippen LogP contribution in [-0.4, -0.2) is 18.4 Å².